The maximum atomic E-state index is 12.7. The summed E-state index contributed by atoms with van der Waals surface area (Å²) in [6.07, 6.45) is 0.543. The fourth-order valence-corrected chi connectivity index (χ4v) is 3.36. The summed E-state index contributed by atoms with van der Waals surface area (Å²) in [5, 5.41) is 1.46. The minimum atomic E-state index is -0.324. The Morgan fingerprint density at radius 2 is 2.05 bits per heavy atom. The zero-order valence-electron chi connectivity index (χ0n) is 12.2. The molecule has 1 aromatic rings. The SMILES string of the molecule is COC(=O)[C@H]1C[C@H]1C(=O)N1OC[C@H]2COc3ccccc3[C@H]21. The molecule has 0 bridgehead atoms. The lowest BCUT2D eigenvalue weighted by Gasteiger charge is -2.31. The predicted molar refractivity (Wildman–Crippen MR) is 74.6 cm³/mol. The Balaban J connectivity index is 1.57. The molecule has 1 saturated heterocycles. The van der Waals surface area contributed by atoms with Crippen LogP contribution in [0.4, 0.5) is 0 Å². The van der Waals surface area contributed by atoms with Gasteiger partial charge in [-0.3, -0.25) is 14.4 Å². The smallest absolute Gasteiger partial charge is 0.309 e. The molecule has 1 amide bonds. The highest BCUT2D eigenvalue weighted by Gasteiger charge is 2.54. The van der Waals surface area contributed by atoms with E-state index in [0.717, 1.165) is 11.3 Å². The monoisotopic (exact) mass is 303 g/mol. The summed E-state index contributed by atoms with van der Waals surface area (Å²) < 4.78 is 10.4. The molecule has 2 fully saturated rings. The van der Waals surface area contributed by atoms with Gasteiger partial charge in [-0.1, -0.05) is 18.2 Å². The van der Waals surface area contributed by atoms with Crippen molar-refractivity contribution in [1.82, 2.24) is 5.06 Å². The molecule has 1 aromatic carbocycles. The molecule has 0 aromatic heterocycles. The maximum Gasteiger partial charge on any atom is 0.309 e. The Hall–Kier alpha value is -2.08. The summed E-state index contributed by atoms with van der Waals surface area (Å²) in [6, 6.07) is 7.58. The third-order valence-electron chi connectivity index (χ3n) is 4.65. The van der Waals surface area contributed by atoms with Gasteiger partial charge in [-0.05, 0) is 12.5 Å². The van der Waals surface area contributed by atoms with Crippen molar-refractivity contribution >= 4 is 11.9 Å². The topological polar surface area (TPSA) is 65.1 Å². The van der Waals surface area contributed by atoms with Crippen LogP contribution in [0.5, 0.6) is 5.75 Å². The first-order valence-corrected chi connectivity index (χ1v) is 7.46. The van der Waals surface area contributed by atoms with Crippen molar-refractivity contribution in [3.63, 3.8) is 0 Å². The van der Waals surface area contributed by atoms with Crippen LogP contribution >= 0.6 is 0 Å². The molecule has 6 heteroatoms. The van der Waals surface area contributed by atoms with Gasteiger partial charge in [-0.15, -0.1) is 0 Å². The lowest BCUT2D eigenvalue weighted by atomic mass is 9.91. The van der Waals surface area contributed by atoms with Crippen LogP contribution < -0.4 is 4.74 Å². The standard InChI is InChI=1S/C16H17NO5/c1-20-16(19)12-6-11(12)15(18)17-14-9(8-22-17)7-21-13-5-3-2-4-10(13)14/h2-5,9,11-12,14H,6-8H2,1H3/t9-,11-,12+,14+/m1/s1. The Kier molecular flexibility index (Phi) is 3.07. The van der Waals surface area contributed by atoms with Crippen molar-refractivity contribution in [3.05, 3.63) is 29.8 Å². The molecule has 2 aliphatic heterocycles. The molecule has 0 unspecified atom stereocenters. The van der Waals surface area contributed by atoms with Gasteiger partial charge in [0, 0.05) is 11.5 Å². The van der Waals surface area contributed by atoms with Crippen molar-refractivity contribution in [2.45, 2.75) is 12.5 Å². The second kappa shape index (κ2) is 4.98. The zero-order chi connectivity index (χ0) is 15.3. The number of methoxy groups -OCH3 is 1. The van der Waals surface area contributed by atoms with Crippen molar-refractivity contribution in [2.75, 3.05) is 20.3 Å². The summed E-state index contributed by atoms with van der Waals surface area (Å²) in [5.41, 5.74) is 0.972. The number of amides is 1. The molecule has 1 aliphatic carbocycles. The van der Waals surface area contributed by atoms with Gasteiger partial charge in [0.05, 0.1) is 38.2 Å². The number of carbonyl (C=O) groups excluding carboxylic acids is 2. The highest BCUT2D eigenvalue weighted by Crippen LogP contribution is 2.47. The molecule has 4 rings (SSSR count). The van der Waals surface area contributed by atoms with E-state index in [1.165, 1.54) is 12.2 Å². The molecular formula is C16H17NO5. The fourth-order valence-electron chi connectivity index (χ4n) is 3.36. The van der Waals surface area contributed by atoms with Gasteiger partial charge in [0.15, 0.2) is 0 Å². The van der Waals surface area contributed by atoms with Gasteiger partial charge in [0.1, 0.15) is 5.75 Å². The van der Waals surface area contributed by atoms with E-state index >= 15 is 0 Å². The van der Waals surface area contributed by atoms with Crippen molar-refractivity contribution in [1.29, 1.82) is 0 Å². The highest BCUT2D eigenvalue weighted by atomic mass is 16.7. The first kappa shape index (κ1) is 13.6. The van der Waals surface area contributed by atoms with E-state index in [-0.39, 0.29) is 35.7 Å². The number of hydroxylamine groups is 2. The van der Waals surface area contributed by atoms with Gasteiger partial charge < -0.3 is 9.47 Å². The van der Waals surface area contributed by atoms with E-state index in [0.29, 0.717) is 19.6 Å². The summed E-state index contributed by atoms with van der Waals surface area (Å²) in [4.78, 5) is 29.8. The Labute approximate surface area is 127 Å². The molecule has 116 valence electrons. The van der Waals surface area contributed by atoms with Crippen LogP contribution in [0.3, 0.4) is 0 Å². The number of benzene rings is 1. The van der Waals surface area contributed by atoms with Crippen LogP contribution in [0.1, 0.15) is 18.0 Å². The van der Waals surface area contributed by atoms with Crippen molar-refractivity contribution < 1.29 is 23.9 Å². The predicted octanol–water partition coefficient (Wildman–Crippen LogP) is 1.32. The van der Waals surface area contributed by atoms with Gasteiger partial charge in [0.2, 0.25) is 0 Å². The zero-order valence-corrected chi connectivity index (χ0v) is 12.2. The number of hydrogen-bond acceptors (Lipinski definition) is 5. The summed E-state index contributed by atoms with van der Waals surface area (Å²) in [7, 11) is 1.35. The second-order valence-corrected chi connectivity index (χ2v) is 5.99. The molecule has 1 saturated carbocycles. The Bertz CT molecular complexity index is 631. The van der Waals surface area contributed by atoms with E-state index in [4.69, 9.17) is 14.3 Å². The molecule has 6 nitrogen and oxygen atoms in total. The fraction of sp³-hybridized carbons (Fsp3) is 0.500. The number of hydrogen-bond donors (Lipinski definition) is 0. The van der Waals surface area contributed by atoms with E-state index in [1.54, 1.807) is 0 Å². The van der Waals surface area contributed by atoms with Gasteiger partial charge in [-0.2, -0.15) is 0 Å². The molecule has 22 heavy (non-hydrogen) atoms. The van der Waals surface area contributed by atoms with Crippen LogP contribution in [0.15, 0.2) is 24.3 Å². The molecule has 2 heterocycles. The molecule has 0 spiro atoms. The lowest BCUT2D eigenvalue weighted by molar-refractivity contribution is -0.179. The van der Waals surface area contributed by atoms with E-state index in [9.17, 15) is 9.59 Å². The van der Waals surface area contributed by atoms with Crippen LogP contribution in [0.25, 0.3) is 0 Å². The molecule has 0 N–H and O–H groups in total. The van der Waals surface area contributed by atoms with Crippen LogP contribution in [0.2, 0.25) is 0 Å². The second-order valence-electron chi connectivity index (χ2n) is 5.99. The third kappa shape index (κ3) is 1.98. The third-order valence-corrected chi connectivity index (χ3v) is 4.65. The minimum absolute atomic E-state index is 0.125. The quantitative estimate of drug-likeness (QED) is 0.771. The highest BCUT2D eigenvalue weighted by molar-refractivity contribution is 5.90. The average molecular weight is 303 g/mol. The van der Waals surface area contributed by atoms with Gasteiger partial charge in [-0.25, -0.2) is 5.06 Å². The van der Waals surface area contributed by atoms with E-state index in [1.807, 2.05) is 24.3 Å². The number of nitrogens with zero attached hydrogens (tertiary/aromatic N) is 1. The summed E-state index contributed by atoms with van der Waals surface area (Å²) in [5.74, 6) is -0.154. The summed E-state index contributed by atoms with van der Waals surface area (Å²) >= 11 is 0. The number of rotatable bonds is 2. The van der Waals surface area contributed by atoms with Crippen molar-refractivity contribution in [3.8, 4) is 5.75 Å². The number of esters is 1. The van der Waals surface area contributed by atoms with Gasteiger partial charge in [0.25, 0.3) is 5.91 Å². The number of fused-ring (bicyclic) bond motifs is 3. The maximum absolute atomic E-state index is 12.7. The Morgan fingerprint density at radius 1 is 1.23 bits per heavy atom. The molecule has 0 radical (unpaired) electrons. The minimum Gasteiger partial charge on any atom is -0.493 e. The van der Waals surface area contributed by atoms with E-state index in [2.05, 4.69) is 0 Å². The van der Waals surface area contributed by atoms with Crippen molar-refractivity contribution in [2.24, 2.45) is 17.8 Å². The van der Waals surface area contributed by atoms with Crippen LogP contribution in [0, 0.1) is 17.8 Å². The van der Waals surface area contributed by atoms with Gasteiger partial charge >= 0.3 is 5.97 Å². The number of para-hydroxylation sites is 1. The first-order chi connectivity index (χ1) is 10.7. The molecule has 3 aliphatic rings. The van der Waals surface area contributed by atoms with Crippen LogP contribution in [-0.4, -0.2) is 37.3 Å². The number of ether oxygens (including phenoxy) is 2. The first-order valence-electron chi connectivity index (χ1n) is 7.46. The molecule has 4 atom stereocenters. The van der Waals surface area contributed by atoms with E-state index < -0.39 is 0 Å². The normalized spacial score (nSPS) is 31.8. The molecular weight excluding hydrogens is 286 g/mol. The summed E-state index contributed by atoms with van der Waals surface area (Å²) in [6.45, 7) is 0.997. The lowest BCUT2D eigenvalue weighted by Crippen LogP contribution is -2.36. The average Bonchev–Trinajstić information content (AvgIpc) is 3.24. The number of carbonyl (C=O) groups is 2. The largest absolute Gasteiger partial charge is 0.493 e. The Morgan fingerprint density at radius 3 is 2.86 bits per heavy atom. The van der Waals surface area contributed by atoms with Crippen LogP contribution in [-0.2, 0) is 19.2 Å².